The van der Waals surface area contributed by atoms with Gasteiger partial charge in [0.25, 0.3) is 0 Å². The van der Waals surface area contributed by atoms with Gasteiger partial charge < -0.3 is 0 Å². The summed E-state index contributed by atoms with van der Waals surface area (Å²) in [6.07, 6.45) is 14.5. The first-order valence-corrected chi connectivity index (χ1v) is 7.14. The molecular weight excluding hydrogens is 228 g/mol. The first-order valence-electron chi connectivity index (χ1n) is 7.14. The number of terminal acetylenes is 1. The Morgan fingerprint density at radius 3 is 1.95 bits per heavy atom. The molecule has 0 spiro atoms. The van der Waals surface area contributed by atoms with Gasteiger partial charge in [-0.25, -0.2) is 0 Å². The second-order valence-corrected chi connectivity index (χ2v) is 3.35. The molecule has 0 saturated heterocycles. The highest BCUT2D eigenvalue weighted by Crippen LogP contribution is 2.23. The van der Waals surface area contributed by atoms with Crippen molar-refractivity contribution in [2.75, 3.05) is 0 Å². The summed E-state index contributed by atoms with van der Waals surface area (Å²) in [7, 11) is 0. The van der Waals surface area contributed by atoms with Crippen molar-refractivity contribution in [1.82, 2.24) is 0 Å². The average Bonchev–Trinajstić information content (AvgIpc) is 2.54. The molecule has 2 rings (SSSR count). The molecule has 0 heteroatoms. The van der Waals surface area contributed by atoms with Crippen molar-refractivity contribution in [3.63, 3.8) is 0 Å². The third kappa shape index (κ3) is 9.92. The van der Waals surface area contributed by atoms with E-state index in [4.69, 9.17) is 0 Å². The fourth-order valence-corrected chi connectivity index (χ4v) is 1.53. The summed E-state index contributed by atoms with van der Waals surface area (Å²) < 4.78 is 0. The molecule has 1 aromatic rings. The van der Waals surface area contributed by atoms with Gasteiger partial charge in [0.1, 0.15) is 0 Å². The summed E-state index contributed by atoms with van der Waals surface area (Å²) in [6.45, 7) is 9.65. The van der Waals surface area contributed by atoms with Crippen LogP contribution < -0.4 is 0 Å². The van der Waals surface area contributed by atoms with E-state index in [0.29, 0.717) is 5.92 Å². The van der Waals surface area contributed by atoms with Crippen LogP contribution in [0.2, 0.25) is 0 Å². The fourth-order valence-electron chi connectivity index (χ4n) is 1.53. The van der Waals surface area contributed by atoms with Crippen LogP contribution in [0.4, 0.5) is 0 Å². The van der Waals surface area contributed by atoms with Gasteiger partial charge in [-0.1, -0.05) is 82.3 Å². The second kappa shape index (κ2) is 16.3. The first-order chi connectivity index (χ1) is 9.38. The molecule has 1 atom stereocenters. The maximum Gasteiger partial charge on any atom is 0.00557 e. The molecule has 0 fully saturated rings. The van der Waals surface area contributed by atoms with Crippen LogP contribution in [-0.2, 0) is 0 Å². The lowest BCUT2D eigenvalue weighted by Gasteiger charge is -2.12. The lowest BCUT2D eigenvalue weighted by Crippen LogP contribution is -1.94. The Hall–Kier alpha value is -1.74. The molecule has 0 bridgehead atoms. The monoisotopic (exact) mass is 256 g/mol. The maximum absolute atomic E-state index is 4.60. The molecule has 1 aliphatic carbocycles. The molecule has 0 nitrogen and oxygen atoms in total. The zero-order chi connectivity index (χ0) is 14.9. The Labute approximate surface area is 120 Å². The highest BCUT2D eigenvalue weighted by atomic mass is 14.1. The van der Waals surface area contributed by atoms with Gasteiger partial charge in [-0.15, -0.1) is 12.3 Å². The summed E-state index contributed by atoms with van der Waals surface area (Å²) in [5.74, 6) is 2.84. The molecule has 104 valence electrons. The smallest absolute Gasteiger partial charge is 0.00557 e. The van der Waals surface area contributed by atoms with Gasteiger partial charge in [0.15, 0.2) is 0 Å². The van der Waals surface area contributed by atoms with E-state index in [9.17, 15) is 0 Å². The topological polar surface area (TPSA) is 0 Å². The molecule has 1 aliphatic rings. The van der Waals surface area contributed by atoms with E-state index in [1.807, 2.05) is 27.7 Å². The van der Waals surface area contributed by atoms with Gasteiger partial charge in [0.2, 0.25) is 0 Å². The quantitative estimate of drug-likeness (QED) is 0.542. The van der Waals surface area contributed by atoms with Crippen molar-refractivity contribution < 1.29 is 0 Å². The minimum Gasteiger partial charge on any atom is -0.120 e. The summed E-state index contributed by atoms with van der Waals surface area (Å²) in [5, 5.41) is 0. The molecule has 0 heterocycles. The largest absolute Gasteiger partial charge is 0.120 e. The van der Waals surface area contributed by atoms with Gasteiger partial charge in [-0.3, -0.25) is 0 Å². The van der Waals surface area contributed by atoms with Crippen molar-refractivity contribution in [1.29, 1.82) is 0 Å². The van der Waals surface area contributed by atoms with Gasteiger partial charge in [0, 0.05) is 5.92 Å². The predicted molar refractivity (Wildman–Crippen MR) is 89.3 cm³/mol. The normalized spacial score (nSPS) is 14.4. The summed E-state index contributed by atoms with van der Waals surface area (Å²) in [4.78, 5) is 0. The maximum atomic E-state index is 4.60. The number of hydrogen-bond acceptors (Lipinski definition) is 0. The molecule has 0 aliphatic heterocycles. The molecule has 0 saturated carbocycles. The third-order valence-electron chi connectivity index (χ3n) is 2.21. The van der Waals surface area contributed by atoms with Crippen LogP contribution in [0, 0.1) is 12.3 Å². The van der Waals surface area contributed by atoms with Crippen LogP contribution in [0.15, 0.2) is 54.6 Å². The van der Waals surface area contributed by atoms with Gasteiger partial charge in [0.05, 0.1) is 0 Å². The Morgan fingerprint density at radius 1 is 1.00 bits per heavy atom. The van der Waals surface area contributed by atoms with E-state index in [1.165, 1.54) is 5.56 Å². The predicted octanol–water partition coefficient (Wildman–Crippen LogP) is 5.98. The van der Waals surface area contributed by atoms with Crippen LogP contribution in [0.1, 0.15) is 52.5 Å². The van der Waals surface area contributed by atoms with Crippen LogP contribution in [0.25, 0.3) is 0 Å². The summed E-state index contributed by atoms with van der Waals surface area (Å²) in [5.41, 5.74) is 1.41. The third-order valence-corrected chi connectivity index (χ3v) is 2.21. The van der Waals surface area contributed by atoms with E-state index < -0.39 is 0 Å². The number of hydrogen-bond donors (Lipinski definition) is 0. The van der Waals surface area contributed by atoms with Crippen LogP contribution >= 0.6 is 0 Å². The molecular formula is C19H28. The molecule has 0 N–H and O–H groups in total. The zero-order valence-electron chi connectivity index (χ0n) is 13.1. The Balaban J connectivity index is 0. The second-order valence-electron chi connectivity index (χ2n) is 3.35. The van der Waals surface area contributed by atoms with Crippen molar-refractivity contribution in [2.45, 2.75) is 47.0 Å². The number of rotatable bonds is 1. The van der Waals surface area contributed by atoms with Crippen LogP contribution in [-0.4, -0.2) is 0 Å². The highest BCUT2D eigenvalue weighted by Gasteiger charge is 2.06. The average molecular weight is 256 g/mol. The Kier molecular flexibility index (Phi) is 16.8. The van der Waals surface area contributed by atoms with Crippen molar-refractivity contribution >= 4 is 0 Å². The van der Waals surface area contributed by atoms with Gasteiger partial charge >= 0.3 is 0 Å². The molecule has 19 heavy (non-hydrogen) atoms. The summed E-state index contributed by atoms with van der Waals surface area (Å²) in [6, 6.07) is 10.6. The first kappa shape index (κ1) is 19.6. The Bertz CT molecular complexity index is 363. The SMILES string of the molecule is C#CC.C1=CCC(c2ccccc2)C=C1.CC.CC. The number of allylic oxidation sites excluding steroid dienone is 4. The van der Waals surface area contributed by atoms with Gasteiger partial charge in [-0.2, -0.15) is 0 Å². The van der Waals surface area contributed by atoms with E-state index in [1.54, 1.807) is 6.92 Å². The van der Waals surface area contributed by atoms with Crippen LogP contribution in [0.5, 0.6) is 0 Å². The fraction of sp³-hybridized carbons (Fsp3) is 0.368. The summed E-state index contributed by atoms with van der Waals surface area (Å²) >= 11 is 0. The minimum absolute atomic E-state index is 0.594. The molecule has 0 aromatic heterocycles. The highest BCUT2D eigenvalue weighted by molar-refractivity contribution is 5.28. The van der Waals surface area contributed by atoms with Crippen molar-refractivity contribution in [3.8, 4) is 12.3 Å². The molecule has 0 radical (unpaired) electrons. The lowest BCUT2D eigenvalue weighted by atomic mass is 9.93. The van der Waals surface area contributed by atoms with Crippen molar-refractivity contribution in [2.24, 2.45) is 0 Å². The number of benzene rings is 1. The van der Waals surface area contributed by atoms with E-state index >= 15 is 0 Å². The minimum atomic E-state index is 0.594. The zero-order valence-corrected chi connectivity index (χ0v) is 13.1. The van der Waals surface area contributed by atoms with Crippen molar-refractivity contribution in [3.05, 3.63) is 60.2 Å². The molecule has 1 aromatic carbocycles. The van der Waals surface area contributed by atoms with Crippen LogP contribution in [0.3, 0.4) is 0 Å². The van der Waals surface area contributed by atoms with Gasteiger partial charge in [-0.05, 0) is 18.9 Å². The van der Waals surface area contributed by atoms with E-state index in [0.717, 1.165) is 6.42 Å². The molecule has 0 amide bonds. The van der Waals surface area contributed by atoms with E-state index in [-0.39, 0.29) is 0 Å². The molecule has 1 unspecified atom stereocenters. The lowest BCUT2D eigenvalue weighted by molar-refractivity contribution is 0.854. The Morgan fingerprint density at radius 2 is 1.53 bits per heavy atom. The van der Waals surface area contributed by atoms with E-state index in [2.05, 4.69) is 67.0 Å². The standard InChI is InChI=1S/C12H12.C3H4.2C2H6/c1-3-7-11(8-4-1)12-9-5-2-6-10-12;1-3-2;2*1-2/h1-9,12H,10H2;1H,2H3;2*1-2H3.